The molecule has 2 N–H and O–H groups in total. The second-order valence-corrected chi connectivity index (χ2v) is 7.84. The highest BCUT2D eigenvalue weighted by atomic mass is 79.9. The molecule has 0 unspecified atom stereocenters. The number of nitrogens with one attached hydrogen (secondary N) is 2. The topological polar surface area (TPSA) is 62.7 Å². The third kappa shape index (κ3) is 6.46. The maximum absolute atomic E-state index is 12.3. The molecule has 0 aliphatic carbocycles. The summed E-state index contributed by atoms with van der Waals surface area (Å²) in [5.41, 5.74) is 6.46. The van der Waals surface area contributed by atoms with Gasteiger partial charge in [0, 0.05) is 15.7 Å². The summed E-state index contributed by atoms with van der Waals surface area (Å²) in [5, 5.41) is 7.27. The van der Waals surface area contributed by atoms with Crippen molar-refractivity contribution in [2.75, 3.05) is 5.32 Å². The van der Waals surface area contributed by atoms with Gasteiger partial charge >= 0.3 is 0 Å². The van der Waals surface area contributed by atoms with Crippen LogP contribution in [-0.2, 0) is 11.4 Å². The number of para-hydroxylation sites is 1. The van der Waals surface area contributed by atoms with Gasteiger partial charge in [0.2, 0.25) is 0 Å². The molecule has 0 aliphatic rings. The molecular weight excluding hydrogens is 442 g/mol. The van der Waals surface area contributed by atoms with E-state index in [1.54, 1.807) is 13.1 Å². The molecule has 0 spiro atoms. The highest BCUT2D eigenvalue weighted by Gasteiger charge is 2.11. The number of carbonyl (C=O) groups is 1. The summed E-state index contributed by atoms with van der Waals surface area (Å²) in [6, 6.07) is 23.0. The molecule has 0 aromatic heterocycles. The van der Waals surface area contributed by atoms with E-state index in [0.717, 1.165) is 26.9 Å². The van der Waals surface area contributed by atoms with Gasteiger partial charge in [-0.2, -0.15) is 5.10 Å². The number of ether oxygens (including phenoxy) is 1. The van der Waals surface area contributed by atoms with Gasteiger partial charge in [-0.3, -0.25) is 4.79 Å². The zero-order chi connectivity index (χ0) is 21.3. The number of amides is 1. The normalized spacial score (nSPS) is 11.8. The molecule has 3 rings (SSSR count). The van der Waals surface area contributed by atoms with Gasteiger partial charge in [0.25, 0.3) is 5.91 Å². The molecule has 6 heteroatoms. The summed E-state index contributed by atoms with van der Waals surface area (Å²) in [4.78, 5) is 12.3. The Morgan fingerprint density at radius 1 is 1.10 bits per heavy atom. The number of hydrogen-bond acceptors (Lipinski definition) is 4. The van der Waals surface area contributed by atoms with Gasteiger partial charge in [-0.05, 0) is 61.4 Å². The minimum Gasteiger partial charge on any atom is -0.488 e. The molecule has 3 aromatic rings. The number of carbonyl (C=O) groups excluding carboxylic acids is 1. The Labute approximate surface area is 185 Å². The zero-order valence-electron chi connectivity index (χ0n) is 16.9. The van der Waals surface area contributed by atoms with Gasteiger partial charge in [0.05, 0.1) is 6.21 Å². The number of aryl methyl sites for hydroxylation is 1. The number of anilines is 1. The molecular formula is C24H24BrN3O2. The second-order valence-electron chi connectivity index (χ2n) is 6.92. The molecule has 3 aromatic carbocycles. The van der Waals surface area contributed by atoms with Gasteiger partial charge in [0.15, 0.2) is 0 Å². The average molecular weight is 466 g/mol. The fourth-order valence-electron chi connectivity index (χ4n) is 2.77. The predicted molar refractivity (Wildman–Crippen MR) is 125 cm³/mol. The summed E-state index contributed by atoms with van der Waals surface area (Å²) in [5.74, 6) is 0.477. The quantitative estimate of drug-likeness (QED) is 0.351. The number of hydrogen-bond donors (Lipinski definition) is 2. The molecule has 154 valence electrons. The zero-order valence-corrected chi connectivity index (χ0v) is 18.5. The Morgan fingerprint density at radius 3 is 2.63 bits per heavy atom. The molecule has 0 saturated heterocycles. The van der Waals surface area contributed by atoms with Crippen LogP contribution in [0.5, 0.6) is 5.75 Å². The lowest BCUT2D eigenvalue weighted by atomic mass is 10.2. The fourth-order valence-corrected chi connectivity index (χ4v) is 3.04. The van der Waals surface area contributed by atoms with Crippen LogP contribution in [0.15, 0.2) is 82.4 Å². The van der Waals surface area contributed by atoms with Crippen LogP contribution in [0.25, 0.3) is 0 Å². The highest BCUT2D eigenvalue weighted by molar-refractivity contribution is 9.10. The Balaban J connectivity index is 1.56. The Morgan fingerprint density at radius 2 is 1.87 bits per heavy atom. The monoisotopic (exact) mass is 465 g/mol. The molecule has 30 heavy (non-hydrogen) atoms. The fraction of sp³-hybridized carbons (Fsp3) is 0.167. The van der Waals surface area contributed by atoms with E-state index in [2.05, 4.69) is 31.8 Å². The maximum atomic E-state index is 12.3. The maximum Gasteiger partial charge on any atom is 0.262 e. The van der Waals surface area contributed by atoms with Crippen LogP contribution in [0.4, 0.5) is 5.69 Å². The summed E-state index contributed by atoms with van der Waals surface area (Å²) in [6.45, 7) is 4.25. The van der Waals surface area contributed by atoms with Gasteiger partial charge in [-0.25, -0.2) is 5.43 Å². The molecule has 5 nitrogen and oxygen atoms in total. The standard InChI is InChI=1S/C24H24BrN3O2/c1-17-6-5-8-22(14-17)27-18(2)24(29)28-26-15-20-7-3-4-9-23(20)30-16-19-10-12-21(25)13-11-19/h3-15,18,27H,16H2,1-2H3,(H,28,29)/t18-/m1/s1. The van der Waals surface area contributed by atoms with Crippen molar-refractivity contribution in [3.63, 3.8) is 0 Å². The molecule has 1 atom stereocenters. The van der Waals surface area contributed by atoms with Crippen molar-refractivity contribution in [2.24, 2.45) is 5.10 Å². The van der Waals surface area contributed by atoms with Gasteiger partial charge < -0.3 is 10.1 Å². The molecule has 1 amide bonds. The van der Waals surface area contributed by atoms with E-state index in [1.807, 2.05) is 79.7 Å². The number of rotatable bonds is 8. The molecule has 0 radical (unpaired) electrons. The third-order valence-corrected chi connectivity index (χ3v) is 4.93. The van der Waals surface area contributed by atoms with E-state index in [-0.39, 0.29) is 5.91 Å². The van der Waals surface area contributed by atoms with Crippen molar-refractivity contribution < 1.29 is 9.53 Å². The summed E-state index contributed by atoms with van der Waals surface area (Å²) >= 11 is 3.43. The van der Waals surface area contributed by atoms with Gasteiger partial charge in [0.1, 0.15) is 18.4 Å². The van der Waals surface area contributed by atoms with Crippen LogP contribution in [0.1, 0.15) is 23.6 Å². The first-order valence-corrected chi connectivity index (χ1v) is 10.4. The molecule has 0 aliphatic heterocycles. The lowest BCUT2D eigenvalue weighted by Gasteiger charge is -2.14. The van der Waals surface area contributed by atoms with E-state index in [9.17, 15) is 4.79 Å². The Bertz CT molecular complexity index is 1020. The molecule has 0 bridgehead atoms. The number of benzene rings is 3. The van der Waals surface area contributed by atoms with E-state index in [0.29, 0.717) is 12.4 Å². The molecule has 0 fully saturated rings. The largest absolute Gasteiger partial charge is 0.488 e. The van der Waals surface area contributed by atoms with Crippen molar-refractivity contribution in [1.29, 1.82) is 0 Å². The first-order valence-electron chi connectivity index (χ1n) is 9.63. The lowest BCUT2D eigenvalue weighted by Crippen LogP contribution is -2.34. The van der Waals surface area contributed by atoms with E-state index in [4.69, 9.17) is 4.74 Å². The number of nitrogens with zero attached hydrogens (tertiary/aromatic N) is 1. The number of hydrazone groups is 1. The molecule has 0 saturated carbocycles. The summed E-state index contributed by atoms with van der Waals surface area (Å²) in [7, 11) is 0. The minimum atomic E-state index is -0.423. The van der Waals surface area contributed by atoms with Crippen molar-refractivity contribution in [3.05, 3.63) is 94.0 Å². The van der Waals surface area contributed by atoms with E-state index < -0.39 is 6.04 Å². The summed E-state index contributed by atoms with van der Waals surface area (Å²) < 4.78 is 6.96. The van der Waals surface area contributed by atoms with Crippen molar-refractivity contribution in [2.45, 2.75) is 26.5 Å². The van der Waals surface area contributed by atoms with Crippen molar-refractivity contribution in [3.8, 4) is 5.75 Å². The van der Waals surface area contributed by atoms with Crippen LogP contribution >= 0.6 is 15.9 Å². The first kappa shape index (κ1) is 21.6. The number of halogens is 1. The lowest BCUT2D eigenvalue weighted by molar-refractivity contribution is -0.121. The highest BCUT2D eigenvalue weighted by Crippen LogP contribution is 2.18. The second kappa shape index (κ2) is 10.6. The SMILES string of the molecule is Cc1cccc(N[C@H](C)C(=O)NN=Cc2ccccc2OCc2ccc(Br)cc2)c1. The minimum absolute atomic E-state index is 0.221. The predicted octanol–water partition coefficient (Wildman–Crippen LogP) is 5.29. The van der Waals surface area contributed by atoms with Crippen LogP contribution in [-0.4, -0.2) is 18.2 Å². The smallest absolute Gasteiger partial charge is 0.262 e. The molecule has 0 heterocycles. The Hall–Kier alpha value is -3.12. The average Bonchev–Trinajstić information content (AvgIpc) is 2.74. The Kier molecular flexibility index (Phi) is 7.63. The van der Waals surface area contributed by atoms with E-state index >= 15 is 0 Å². The van der Waals surface area contributed by atoms with Gasteiger partial charge in [-0.15, -0.1) is 0 Å². The van der Waals surface area contributed by atoms with E-state index in [1.165, 1.54) is 0 Å². The van der Waals surface area contributed by atoms with Crippen molar-refractivity contribution in [1.82, 2.24) is 5.43 Å². The van der Waals surface area contributed by atoms with Crippen LogP contribution in [0, 0.1) is 6.92 Å². The third-order valence-electron chi connectivity index (χ3n) is 4.40. The first-order chi connectivity index (χ1) is 14.5. The summed E-state index contributed by atoms with van der Waals surface area (Å²) in [6.07, 6.45) is 1.59. The van der Waals surface area contributed by atoms with Crippen LogP contribution < -0.4 is 15.5 Å². The van der Waals surface area contributed by atoms with Gasteiger partial charge in [-0.1, -0.05) is 52.3 Å². The van der Waals surface area contributed by atoms with Crippen LogP contribution in [0.3, 0.4) is 0 Å². The van der Waals surface area contributed by atoms with Crippen molar-refractivity contribution >= 4 is 33.7 Å². The van der Waals surface area contributed by atoms with Crippen LogP contribution in [0.2, 0.25) is 0 Å².